The first-order chi connectivity index (χ1) is 8.91. The van der Waals surface area contributed by atoms with Gasteiger partial charge in [0.2, 0.25) is 15.9 Å². The number of sulfonamides is 1. The lowest BCUT2D eigenvalue weighted by Crippen LogP contribution is -2.37. The highest BCUT2D eigenvalue weighted by Gasteiger charge is 2.33. The molecule has 1 atom stereocenters. The molecule has 104 valence electrons. The normalized spacial score (nSPS) is 20.4. The SMILES string of the molecule is CC(=O)NC1CCN(S(=O)(=O)c2ccccc2Br)C1. The van der Waals surface area contributed by atoms with Crippen molar-refractivity contribution >= 4 is 31.9 Å². The van der Waals surface area contributed by atoms with E-state index >= 15 is 0 Å². The Morgan fingerprint density at radius 3 is 2.74 bits per heavy atom. The molecule has 2 rings (SSSR count). The number of hydrogen-bond donors (Lipinski definition) is 1. The number of halogens is 1. The molecule has 7 heteroatoms. The van der Waals surface area contributed by atoms with Crippen molar-refractivity contribution in [2.75, 3.05) is 13.1 Å². The molecular weight excluding hydrogens is 332 g/mol. The van der Waals surface area contributed by atoms with E-state index < -0.39 is 10.0 Å². The Morgan fingerprint density at radius 2 is 2.11 bits per heavy atom. The third-order valence-corrected chi connectivity index (χ3v) is 5.89. The summed E-state index contributed by atoms with van der Waals surface area (Å²) in [5.74, 6) is -0.134. The average molecular weight is 347 g/mol. The minimum atomic E-state index is -3.50. The maximum Gasteiger partial charge on any atom is 0.244 e. The molecule has 1 aromatic rings. The lowest BCUT2D eigenvalue weighted by Gasteiger charge is -2.17. The van der Waals surface area contributed by atoms with Crippen LogP contribution in [-0.4, -0.2) is 37.8 Å². The quantitative estimate of drug-likeness (QED) is 0.898. The minimum Gasteiger partial charge on any atom is -0.352 e. The molecule has 0 aromatic heterocycles. The van der Waals surface area contributed by atoms with E-state index in [9.17, 15) is 13.2 Å². The summed E-state index contributed by atoms with van der Waals surface area (Å²) < 4.78 is 26.9. The van der Waals surface area contributed by atoms with Gasteiger partial charge in [-0.2, -0.15) is 4.31 Å². The molecule has 1 amide bonds. The molecule has 1 heterocycles. The van der Waals surface area contributed by atoms with Crippen LogP contribution in [0.3, 0.4) is 0 Å². The fourth-order valence-corrected chi connectivity index (χ4v) is 4.61. The van der Waals surface area contributed by atoms with E-state index in [0.717, 1.165) is 0 Å². The average Bonchev–Trinajstić information content (AvgIpc) is 2.77. The van der Waals surface area contributed by atoms with Crippen LogP contribution in [0.2, 0.25) is 0 Å². The highest BCUT2D eigenvalue weighted by molar-refractivity contribution is 9.10. The summed E-state index contributed by atoms with van der Waals surface area (Å²) in [5, 5.41) is 2.75. The highest BCUT2D eigenvalue weighted by Crippen LogP contribution is 2.27. The Bertz CT molecular complexity index is 588. The zero-order valence-corrected chi connectivity index (χ0v) is 12.9. The van der Waals surface area contributed by atoms with Crippen LogP contribution in [0, 0.1) is 0 Å². The summed E-state index contributed by atoms with van der Waals surface area (Å²) >= 11 is 3.26. The fraction of sp³-hybridized carbons (Fsp3) is 0.417. The zero-order chi connectivity index (χ0) is 14.0. The number of nitrogens with one attached hydrogen (secondary N) is 1. The van der Waals surface area contributed by atoms with Gasteiger partial charge in [0.05, 0.1) is 4.90 Å². The van der Waals surface area contributed by atoms with E-state index in [1.54, 1.807) is 24.3 Å². The second kappa shape index (κ2) is 5.60. The van der Waals surface area contributed by atoms with Crippen molar-refractivity contribution < 1.29 is 13.2 Å². The molecule has 1 fully saturated rings. The van der Waals surface area contributed by atoms with Gasteiger partial charge >= 0.3 is 0 Å². The molecule has 1 unspecified atom stereocenters. The first-order valence-corrected chi connectivity index (χ1v) is 8.16. The Kier molecular flexibility index (Phi) is 4.27. The van der Waals surface area contributed by atoms with Gasteiger partial charge in [-0.05, 0) is 34.5 Å². The van der Waals surface area contributed by atoms with Gasteiger partial charge in [-0.25, -0.2) is 8.42 Å². The molecule has 1 aromatic carbocycles. The van der Waals surface area contributed by atoms with Crippen LogP contribution >= 0.6 is 15.9 Å². The molecule has 0 aliphatic carbocycles. The van der Waals surface area contributed by atoms with Gasteiger partial charge in [-0.15, -0.1) is 0 Å². The molecule has 0 spiro atoms. The van der Waals surface area contributed by atoms with Gasteiger partial charge in [-0.1, -0.05) is 12.1 Å². The lowest BCUT2D eigenvalue weighted by molar-refractivity contribution is -0.119. The van der Waals surface area contributed by atoms with Gasteiger partial charge in [0.25, 0.3) is 0 Å². The van der Waals surface area contributed by atoms with Gasteiger partial charge in [0.1, 0.15) is 0 Å². The molecule has 1 N–H and O–H groups in total. The summed E-state index contributed by atoms with van der Waals surface area (Å²) in [6, 6.07) is 6.64. The third kappa shape index (κ3) is 3.16. The summed E-state index contributed by atoms with van der Waals surface area (Å²) in [7, 11) is -3.50. The monoisotopic (exact) mass is 346 g/mol. The number of amides is 1. The van der Waals surface area contributed by atoms with Crippen LogP contribution in [0.1, 0.15) is 13.3 Å². The van der Waals surface area contributed by atoms with Gasteiger partial charge < -0.3 is 5.32 Å². The summed E-state index contributed by atoms with van der Waals surface area (Å²) in [6.45, 7) is 2.18. The van der Waals surface area contributed by atoms with E-state index in [2.05, 4.69) is 21.2 Å². The number of nitrogens with zero attached hydrogens (tertiary/aromatic N) is 1. The van der Waals surface area contributed by atoms with Crippen molar-refractivity contribution in [1.29, 1.82) is 0 Å². The molecule has 1 aliphatic heterocycles. The van der Waals surface area contributed by atoms with Crippen molar-refractivity contribution in [3.8, 4) is 0 Å². The number of benzene rings is 1. The summed E-state index contributed by atoms with van der Waals surface area (Å²) in [6.07, 6.45) is 0.642. The van der Waals surface area contributed by atoms with Crippen molar-refractivity contribution in [1.82, 2.24) is 9.62 Å². The number of carbonyl (C=O) groups excluding carboxylic acids is 1. The fourth-order valence-electron chi connectivity index (χ4n) is 2.14. The summed E-state index contributed by atoms with van der Waals surface area (Å²) in [4.78, 5) is 11.3. The minimum absolute atomic E-state index is 0.102. The van der Waals surface area contributed by atoms with E-state index in [-0.39, 0.29) is 16.8 Å². The predicted octanol–water partition coefficient (Wildman–Crippen LogP) is 1.35. The molecule has 5 nitrogen and oxygen atoms in total. The first kappa shape index (κ1) is 14.5. The van der Waals surface area contributed by atoms with Crippen molar-refractivity contribution in [2.24, 2.45) is 0 Å². The largest absolute Gasteiger partial charge is 0.352 e. The van der Waals surface area contributed by atoms with E-state index in [1.165, 1.54) is 11.2 Å². The molecule has 1 saturated heterocycles. The molecule has 0 radical (unpaired) electrons. The van der Waals surface area contributed by atoms with Crippen LogP contribution in [0.5, 0.6) is 0 Å². The van der Waals surface area contributed by atoms with Gasteiger partial charge in [-0.3, -0.25) is 4.79 Å². The molecular formula is C12H15BrN2O3S. The van der Waals surface area contributed by atoms with E-state index in [4.69, 9.17) is 0 Å². The van der Waals surface area contributed by atoms with Crippen molar-refractivity contribution in [2.45, 2.75) is 24.3 Å². The number of hydrogen-bond acceptors (Lipinski definition) is 3. The van der Waals surface area contributed by atoms with Crippen molar-refractivity contribution in [3.05, 3.63) is 28.7 Å². The van der Waals surface area contributed by atoms with Crippen LogP contribution in [0.15, 0.2) is 33.6 Å². The predicted molar refractivity (Wildman–Crippen MR) is 75.1 cm³/mol. The first-order valence-electron chi connectivity index (χ1n) is 5.93. The van der Waals surface area contributed by atoms with Crippen LogP contribution in [0.4, 0.5) is 0 Å². The second-order valence-corrected chi connectivity index (χ2v) is 7.24. The molecule has 0 saturated carbocycles. The molecule has 19 heavy (non-hydrogen) atoms. The molecule has 0 bridgehead atoms. The summed E-state index contributed by atoms with van der Waals surface area (Å²) in [5.41, 5.74) is 0. The maximum absolute atomic E-state index is 12.5. The standard InChI is InChI=1S/C12H15BrN2O3S/c1-9(16)14-10-6-7-15(8-10)19(17,18)12-5-3-2-4-11(12)13/h2-5,10H,6-8H2,1H3,(H,14,16). The smallest absolute Gasteiger partial charge is 0.244 e. The molecule has 1 aliphatic rings. The maximum atomic E-state index is 12.5. The second-order valence-electron chi connectivity index (χ2n) is 4.48. The zero-order valence-electron chi connectivity index (χ0n) is 10.5. The van der Waals surface area contributed by atoms with Crippen molar-refractivity contribution in [3.63, 3.8) is 0 Å². The van der Waals surface area contributed by atoms with E-state index in [0.29, 0.717) is 24.0 Å². The van der Waals surface area contributed by atoms with Crippen LogP contribution in [-0.2, 0) is 14.8 Å². The Labute approximate surface area is 121 Å². The van der Waals surface area contributed by atoms with Gasteiger partial charge in [0, 0.05) is 30.5 Å². The Morgan fingerprint density at radius 1 is 1.42 bits per heavy atom. The lowest BCUT2D eigenvalue weighted by atomic mass is 10.3. The van der Waals surface area contributed by atoms with E-state index in [1.807, 2.05) is 0 Å². The van der Waals surface area contributed by atoms with Crippen LogP contribution < -0.4 is 5.32 Å². The highest BCUT2D eigenvalue weighted by atomic mass is 79.9. The Balaban J connectivity index is 2.19. The topological polar surface area (TPSA) is 66.5 Å². The third-order valence-electron chi connectivity index (χ3n) is 3.01. The van der Waals surface area contributed by atoms with Crippen LogP contribution in [0.25, 0.3) is 0 Å². The Hall–Kier alpha value is -0.920. The number of carbonyl (C=O) groups is 1. The van der Waals surface area contributed by atoms with Gasteiger partial charge in [0.15, 0.2) is 0 Å². The number of rotatable bonds is 3.